The molecule has 1 N–H and O–H groups in total. The number of aromatic nitrogens is 2. The fraction of sp³-hybridized carbons (Fsp3) is 0.333. The third kappa shape index (κ3) is 2.46. The molecule has 3 rings (SSSR count). The summed E-state index contributed by atoms with van der Waals surface area (Å²) in [5, 5.41) is 13.1. The van der Waals surface area contributed by atoms with Gasteiger partial charge in [0.2, 0.25) is 0 Å². The van der Waals surface area contributed by atoms with Crippen LogP contribution in [0.3, 0.4) is 0 Å². The van der Waals surface area contributed by atoms with Gasteiger partial charge in [0.05, 0.1) is 11.5 Å². The maximum atomic E-state index is 11.4. The summed E-state index contributed by atoms with van der Waals surface area (Å²) in [6.07, 6.45) is 0.539. The third-order valence-electron chi connectivity index (χ3n) is 3.15. The lowest BCUT2D eigenvalue weighted by Gasteiger charge is -1.98. The van der Waals surface area contributed by atoms with Crippen LogP contribution in [0.2, 0.25) is 0 Å². The minimum absolute atomic E-state index is 0.0849. The largest absolute Gasteiger partial charge is 0.508 e. The van der Waals surface area contributed by atoms with Crippen LogP contribution in [0, 0.1) is 0 Å². The maximum Gasteiger partial charge on any atom is 0.257 e. The number of sulfone groups is 1. The zero-order valence-electron chi connectivity index (χ0n) is 9.98. The van der Waals surface area contributed by atoms with E-state index in [1.807, 2.05) is 0 Å². The molecular weight excluding hydrogens is 268 g/mol. The molecule has 0 bridgehead atoms. The van der Waals surface area contributed by atoms with E-state index in [9.17, 15) is 13.5 Å². The Morgan fingerprint density at radius 1 is 1.26 bits per heavy atom. The second-order valence-corrected chi connectivity index (χ2v) is 6.83. The molecular formula is C12H12N2O4S. The summed E-state index contributed by atoms with van der Waals surface area (Å²) in [6, 6.07) is 6.38. The van der Waals surface area contributed by atoms with Crippen molar-refractivity contribution in [3.05, 3.63) is 30.1 Å². The van der Waals surface area contributed by atoms with Crippen LogP contribution in [0.15, 0.2) is 28.8 Å². The highest BCUT2D eigenvalue weighted by atomic mass is 32.2. The number of aromatic hydroxyl groups is 1. The van der Waals surface area contributed by atoms with Crippen LogP contribution in [-0.4, -0.2) is 35.2 Å². The summed E-state index contributed by atoms with van der Waals surface area (Å²) < 4.78 is 28.0. The van der Waals surface area contributed by atoms with Crippen LogP contribution < -0.4 is 0 Å². The predicted octanol–water partition coefficient (Wildman–Crippen LogP) is 1.34. The number of nitrogens with zero attached hydrogens (tertiary/aromatic N) is 2. The average Bonchev–Trinajstić information content (AvgIpc) is 2.96. The van der Waals surface area contributed by atoms with Crippen LogP contribution in [0.1, 0.15) is 18.2 Å². The van der Waals surface area contributed by atoms with Gasteiger partial charge in [0.25, 0.3) is 5.89 Å². The molecule has 0 aliphatic carbocycles. The van der Waals surface area contributed by atoms with E-state index in [-0.39, 0.29) is 23.2 Å². The fourth-order valence-corrected chi connectivity index (χ4v) is 3.86. The molecule has 1 fully saturated rings. The number of hydrogen-bond acceptors (Lipinski definition) is 6. The van der Waals surface area contributed by atoms with Crippen molar-refractivity contribution in [2.24, 2.45) is 0 Å². The molecule has 2 heterocycles. The van der Waals surface area contributed by atoms with Gasteiger partial charge in [-0.2, -0.15) is 4.98 Å². The first-order valence-corrected chi connectivity index (χ1v) is 7.69. The van der Waals surface area contributed by atoms with Crippen LogP contribution >= 0.6 is 0 Å². The van der Waals surface area contributed by atoms with E-state index in [4.69, 9.17) is 4.52 Å². The van der Waals surface area contributed by atoms with Crippen molar-refractivity contribution < 1.29 is 18.0 Å². The van der Waals surface area contributed by atoms with Crippen molar-refractivity contribution in [1.29, 1.82) is 0 Å². The SMILES string of the molecule is O=S1(=O)CCC(c2noc(-c3ccc(O)cc3)n2)C1. The van der Waals surface area contributed by atoms with Gasteiger partial charge in [0.1, 0.15) is 5.75 Å². The molecule has 1 unspecified atom stereocenters. The average molecular weight is 280 g/mol. The van der Waals surface area contributed by atoms with Gasteiger partial charge < -0.3 is 9.63 Å². The first-order chi connectivity index (χ1) is 9.03. The lowest BCUT2D eigenvalue weighted by atomic mass is 10.1. The van der Waals surface area contributed by atoms with E-state index in [0.717, 1.165) is 0 Å². The topological polar surface area (TPSA) is 93.3 Å². The van der Waals surface area contributed by atoms with Gasteiger partial charge in [-0.3, -0.25) is 0 Å². The first-order valence-electron chi connectivity index (χ1n) is 5.87. The molecule has 1 aliphatic heterocycles. The molecule has 19 heavy (non-hydrogen) atoms. The van der Waals surface area contributed by atoms with Crippen LogP contribution in [0.5, 0.6) is 5.75 Å². The number of benzene rings is 1. The van der Waals surface area contributed by atoms with Crippen LogP contribution in [-0.2, 0) is 9.84 Å². The predicted molar refractivity (Wildman–Crippen MR) is 67.4 cm³/mol. The number of hydrogen-bond donors (Lipinski definition) is 1. The van der Waals surface area contributed by atoms with Gasteiger partial charge in [-0.1, -0.05) is 5.16 Å². The summed E-state index contributed by atoms with van der Waals surface area (Å²) in [4.78, 5) is 4.23. The third-order valence-corrected chi connectivity index (χ3v) is 4.92. The Labute approximate surface area is 110 Å². The van der Waals surface area contributed by atoms with E-state index in [2.05, 4.69) is 10.1 Å². The maximum absolute atomic E-state index is 11.4. The summed E-state index contributed by atoms with van der Waals surface area (Å²) >= 11 is 0. The zero-order chi connectivity index (χ0) is 13.5. The van der Waals surface area contributed by atoms with Gasteiger partial charge in [0.15, 0.2) is 15.7 Å². The first kappa shape index (κ1) is 12.2. The van der Waals surface area contributed by atoms with E-state index >= 15 is 0 Å². The van der Waals surface area contributed by atoms with Crippen molar-refractivity contribution in [3.8, 4) is 17.2 Å². The van der Waals surface area contributed by atoms with Crippen LogP contribution in [0.4, 0.5) is 0 Å². The monoisotopic (exact) mass is 280 g/mol. The lowest BCUT2D eigenvalue weighted by molar-refractivity contribution is 0.417. The molecule has 1 saturated heterocycles. The van der Waals surface area contributed by atoms with Gasteiger partial charge >= 0.3 is 0 Å². The molecule has 100 valence electrons. The molecule has 1 aliphatic rings. The highest BCUT2D eigenvalue weighted by Crippen LogP contribution is 2.28. The number of phenolic OH excluding ortho intramolecular Hbond substituents is 1. The van der Waals surface area contributed by atoms with Gasteiger partial charge in [0, 0.05) is 11.5 Å². The molecule has 1 atom stereocenters. The quantitative estimate of drug-likeness (QED) is 0.892. The second kappa shape index (κ2) is 4.34. The summed E-state index contributed by atoms with van der Waals surface area (Å²) in [6.45, 7) is 0. The Kier molecular flexibility index (Phi) is 2.78. The Bertz CT molecular complexity index is 691. The molecule has 1 aromatic heterocycles. The van der Waals surface area contributed by atoms with Crippen molar-refractivity contribution in [1.82, 2.24) is 10.1 Å². The van der Waals surface area contributed by atoms with E-state index in [0.29, 0.717) is 23.7 Å². The van der Waals surface area contributed by atoms with E-state index in [1.165, 1.54) is 12.1 Å². The Hall–Kier alpha value is -1.89. The number of rotatable bonds is 2. The highest BCUT2D eigenvalue weighted by Gasteiger charge is 2.32. The zero-order valence-corrected chi connectivity index (χ0v) is 10.8. The summed E-state index contributed by atoms with van der Waals surface area (Å²) in [5.41, 5.74) is 0.692. The number of phenols is 1. The molecule has 0 radical (unpaired) electrons. The lowest BCUT2D eigenvalue weighted by Crippen LogP contribution is -2.04. The standard InChI is InChI=1S/C12H12N2O4S/c15-10-3-1-8(2-4-10)12-13-11(14-18-12)9-5-6-19(16,17)7-9/h1-4,9,15H,5-7H2. The molecule has 0 saturated carbocycles. The Morgan fingerprint density at radius 3 is 2.63 bits per heavy atom. The normalized spacial score (nSPS) is 21.6. The van der Waals surface area contributed by atoms with Crippen molar-refractivity contribution in [2.75, 3.05) is 11.5 Å². The molecule has 1 aromatic carbocycles. The van der Waals surface area contributed by atoms with Gasteiger partial charge in [-0.25, -0.2) is 8.42 Å². The smallest absolute Gasteiger partial charge is 0.257 e. The fourth-order valence-electron chi connectivity index (χ4n) is 2.12. The molecule has 0 spiro atoms. The van der Waals surface area contributed by atoms with Crippen molar-refractivity contribution in [3.63, 3.8) is 0 Å². The van der Waals surface area contributed by atoms with E-state index < -0.39 is 9.84 Å². The minimum Gasteiger partial charge on any atom is -0.508 e. The highest BCUT2D eigenvalue weighted by molar-refractivity contribution is 7.91. The molecule has 0 amide bonds. The summed E-state index contributed by atoms with van der Waals surface area (Å²) in [7, 11) is -2.96. The van der Waals surface area contributed by atoms with E-state index in [1.54, 1.807) is 12.1 Å². The minimum atomic E-state index is -2.96. The van der Waals surface area contributed by atoms with Gasteiger partial charge in [-0.05, 0) is 30.7 Å². The van der Waals surface area contributed by atoms with Crippen LogP contribution in [0.25, 0.3) is 11.5 Å². The van der Waals surface area contributed by atoms with Crippen molar-refractivity contribution >= 4 is 9.84 Å². The van der Waals surface area contributed by atoms with Crippen molar-refractivity contribution in [2.45, 2.75) is 12.3 Å². The molecule has 2 aromatic rings. The Morgan fingerprint density at radius 2 is 2.00 bits per heavy atom. The molecule has 7 heteroatoms. The van der Waals surface area contributed by atoms with Gasteiger partial charge in [-0.15, -0.1) is 0 Å². The second-order valence-electron chi connectivity index (χ2n) is 4.60. The molecule has 6 nitrogen and oxygen atoms in total. The Balaban J connectivity index is 1.86. The summed E-state index contributed by atoms with van der Waals surface area (Å²) in [5.74, 6) is 1.01.